The molecule has 5 heteroatoms. The van der Waals surface area contributed by atoms with Gasteiger partial charge in [0.2, 0.25) is 0 Å². The van der Waals surface area contributed by atoms with Crippen LogP contribution in [0.4, 0.5) is 0 Å². The summed E-state index contributed by atoms with van der Waals surface area (Å²) in [6, 6.07) is 3.40. The lowest BCUT2D eigenvalue weighted by atomic mass is 9.80. The lowest BCUT2D eigenvalue weighted by Gasteiger charge is -2.30. The number of aliphatic hydroxyl groups is 1. The first-order valence-corrected chi connectivity index (χ1v) is 5.85. The van der Waals surface area contributed by atoms with Crippen LogP contribution in [0.25, 0.3) is 0 Å². The molecule has 18 heavy (non-hydrogen) atoms. The minimum absolute atomic E-state index is 0. The molecule has 1 aromatic rings. The van der Waals surface area contributed by atoms with Gasteiger partial charge in [0.1, 0.15) is 5.60 Å². The molecule has 2 unspecified atom stereocenters. The van der Waals surface area contributed by atoms with Crippen molar-refractivity contribution in [2.75, 3.05) is 0 Å². The van der Waals surface area contributed by atoms with Crippen molar-refractivity contribution in [3.63, 3.8) is 0 Å². The predicted molar refractivity (Wildman–Crippen MR) is 69.5 cm³/mol. The average Bonchev–Trinajstić information content (AvgIpc) is 2.30. The third-order valence-electron chi connectivity index (χ3n) is 3.07. The maximum atomic E-state index is 11.2. The summed E-state index contributed by atoms with van der Waals surface area (Å²) in [6.07, 6.45) is 5.28. The fourth-order valence-corrected chi connectivity index (χ4v) is 1.92. The first-order valence-electron chi connectivity index (χ1n) is 5.85. The molecule has 5 N–H and O–H groups in total. The van der Waals surface area contributed by atoms with E-state index in [1.165, 1.54) is 6.20 Å². The summed E-state index contributed by atoms with van der Waals surface area (Å²) in [5.41, 5.74) is -0.835. The molecule has 0 aliphatic rings. The number of carboxylic acid groups (broad SMARTS) is 1. The molecule has 1 heterocycles. The van der Waals surface area contributed by atoms with Gasteiger partial charge in [-0.25, -0.2) is 0 Å². The number of aliphatic carboxylic acids is 1. The normalized spacial score (nSPS) is 15.3. The number of carbonyl (C=O) groups is 1. The van der Waals surface area contributed by atoms with Crippen molar-refractivity contribution in [1.82, 2.24) is 11.1 Å². The highest BCUT2D eigenvalue weighted by Crippen LogP contribution is 2.32. The van der Waals surface area contributed by atoms with Gasteiger partial charge in [0.15, 0.2) is 0 Å². The summed E-state index contributed by atoms with van der Waals surface area (Å²) in [5.74, 6) is -1.76. The van der Waals surface area contributed by atoms with Gasteiger partial charge < -0.3 is 16.4 Å². The monoisotopic (exact) mass is 254 g/mol. The van der Waals surface area contributed by atoms with Gasteiger partial charge in [-0.1, -0.05) is 25.8 Å². The Labute approximate surface area is 107 Å². The van der Waals surface area contributed by atoms with E-state index in [9.17, 15) is 15.0 Å². The molecule has 1 rings (SSSR count). The van der Waals surface area contributed by atoms with Crippen LogP contribution in [0, 0.1) is 5.92 Å². The topological polar surface area (TPSA) is 105 Å². The summed E-state index contributed by atoms with van der Waals surface area (Å²) in [7, 11) is 0. The van der Waals surface area contributed by atoms with Gasteiger partial charge in [0.25, 0.3) is 0 Å². The van der Waals surface area contributed by atoms with Gasteiger partial charge in [-0.15, -0.1) is 0 Å². The molecule has 0 spiro atoms. The van der Waals surface area contributed by atoms with Crippen LogP contribution in [0.15, 0.2) is 24.5 Å². The third kappa shape index (κ3) is 3.78. The van der Waals surface area contributed by atoms with E-state index in [2.05, 4.69) is 4.98 Å². The highest BCUT2D eigenvalue weighted by molar-refractivity contribution is 5.71. The second kappa shape index (κ2) is 7.08. The Morgan fingerprint density at radius 3 is 2.67 bits per heavy atom. The van der Waals surface area contributed by atoms with Gasteiger partial charge in [-0.2, -0.15) is 0 Å². The van der Waals surface area contributed by atoms with Crippen LogP contribution >= 0.6 is 0 Å². The molecular weight excluding hydrogens is 232 g/mol. The summed E-state index contributed by atoms with van der Waals surface area (Å²) in [6.45, 7) is 3.54. The fraction of sp³-hybridized carbons (Fsp3) is 0.538. The molecule has 0 saturated carbocycles. The molecule has 0 aromatic carbocycles. The fourth-order valence-electron chi connectivity index (χ4n) is 1.92. The lowest BCUT2D eigenvalue weighted by Crippen LogP contribution is -2.37. The Balaban J connectivity index is 0.00000289. The third-order valence-corrected chi connectivity index (χ3v) is 3.07. The Hall–Kier alpha value is -1.46. The second-order valence-corrected chi connectivity index (χ2v) is 4.42. The van der Waals surface area contributed by atoms with Crippen LogP contribution in [0.5, 0.6) is 0 Å². The van der Waals surface area contributed by atoms with Crippen molar-refractivity contribution in [1.29, 1.82) is 0 Å². The number of unbranched alkanes of at least 4 members (excludes halogenated alkanes) is 1. The van der Waals surface area contributed by atoms with Crippen LogP contribution < -0.4 is 6.15 Å². The number of hydrogen-bond donors (Lipinski definition) is 3. The number of hydrogen-bond acceptors (Lipinski definition) is 4. The van der Waals surface area contributed by atoms with E-state index in [1.807, 2.05) is 6.92 Å². The van der Waals surface area contributed by atoms with E-state index >= 15 is 0 Å². The van der Waals surface area contributed by atoms with Crippen molar-refractivity contribution < 1.29 is 15.0 Å². The maximum Gasteiger partial charge on any atom is 0.309 e. The van der Waals surface area contributed by atoms with E-state index in [1.54, 1.807) is 25.3 Å². The Morgan fingerprint density at radius 1 is 1.56 bits per heavy atom. The molecule has 1 aromatic heterocycles. The van der Waals surface area contributed by atoms with E-state index in [0.29, 0.717) is 12.0 Å². The van der Waals surface area contributed by atoms with E-state index in [-0.39, 0.29) is 6.15 Å². The minimum Gasteiger partial charge on any atom is -0.481 e. The molecule has 5 nitrogen and oxygen atoms in total. The van der Waals surface area contributed by atoms with Crippen LogP contribution in [0.2, 0.25) is 0 Å². The largest absolute Gasteiger partial charge is 0.481 e. The van der Waals surface area contributed by atoms with E-state index in [0.717, 1.165) is 12.8 Å². The number of carboxylic acids is 1. The van der Waals surface area contributed by atoms with Gasteiger partial charge in [-0.05, 0) is 19.4 Å². The SMILES string of the molecule is CCCCC(C(=O)O)C(C)(O)c1cccnc1.N. The molecule has 102 valence electrons. The lowest BCUT2D eigenvalue weighted by molar-refractivity contribution is -0.152. The highest BCUT2D eigenvalue weighted by Gasteiger charge is 2.38. The standard InChI is InChI=1S/C13H19NO3.H3N/c1-3-4-7-11(12(15)16)13(2,17)10-6-5-8-14-9-10;/h5-6,8-9,11,17H,3-4,7H2,1-2H3,(H,15,16);1H3. The Kier molecular flexibility index (Phi) is 6.51. The second-order valence-electron chi connectivity index (χ2n) is 4.42. The molecule has 0 bridgehead atoms. The molecule has 0 saturated heterocycles. The van der Waals surface area contributed by atoms with Gasteiger partial charge in [-0.3, -0.25) is 9.78 Å². The first kappa shape index (κ1) is 16.5. The minimum atomic E-state index is -1.38. The molecule has 0 aliphatic carbocycles. The Bertz CT molecular complexity index is 366. The highest BCUT2D eigenvalue weighted by atomic mass is 16.4. The predicted octanol–water partition coefficient (Wildman–Crippen LogP) is 2.34. The van der Waals surface area contributed by atoms with Crippen molar-refractivity contribution in [3.8, 4) is 0 Å². The maximum absolute atomic E-state index is 11.2. The summed E-state index contributed by atoms with van der Waals surface area (Å²) in [5, 5.41) is 19.6. The summed E-state index contributed by atoms with van der Waals surface area (Å²) in [4.78, 5) is 15.2. The van der Waals surface area contributed by atoms with Crippen LogP contribution in [0.1, 0.15) is 38.7 Å². The van der Waals surface area contributed by atoms with Crippen molar-refractivity contribution >= 4 is 5.97 Å². The Morgan fingerprint density at radius 2 is 2.22 bits per heavy atom. The number of pyridine rings is 1. The zero-order valence-corrected chi connectivity index (χ0v) is 11.0. The van der Waals surface area contributed by atoms with E-state index in [4.69, 9.17) is 0 Å². The molecule has 0 fully saturated rings. The van der Waals surface area contributed by atoms with Crippen molar-refractivity contribution in [2.24, 2.45) is 5.92 Å². The molecular formula is C13H22N2O3. The summed E-state index contributed by atoms with van der Waals surface area (Å²) < 4.78 is 0. The average molecular weight is 254 g/mol. The van der Waals surface area contributed by atoms with Crippen molar-refractivity contribution in [3.05, 3.63) is 30.1 Å². The number of nitrogens with zero attached hydrogens (tertiary/aromatic N) is 1. The first-order chi connectivity index (χ1) is 8.00. The molecule has 0 amide bonds. The zero-order valence-electron chi connectivity index (χ0n) is 11.0. The van der Waals surface area contributed by atoms with Crippen LogP contribution in [0.3, 0.4) is 0 Å². The van der Waals surface area contributed by atoms with Gasteiger partial charge >= 0.3 is 5.97 Å². The van der Waals surface area contributed by atoms with Crippen LogP contribution in [-0.4, -0.2) is 21.2 Å². The quantitative estimate of drug-likeness (QED) is 0.722. The van der Waals surface area contributed by atoms with Crippen molar-refractivity contribution in [2.45, 2.75) is 38.7 Å². The summed E-state index contributed by atoms with van der Waals surface area (Å²) >= 11 is 0. The number of rotatable bonds is 6. The molecule has 2 atom stereocenters. The number of aromatic nitrogens is 1. The van der Waals surface area contributed by atoms with E-state index < -0.39 is 17.5 Å². The molecule has 0 aliphatic heterocycles. The molecule has 0 radical (unpaired) electrons. The van der Waals surface area contributed by atoms with Gasteiger partial charge in [0.05, 0.1) is 5.92 Å². The smallest absolute Gasteiger partial charge is 0.309 e. The van der Waals surface area contributed by atoms with Crippen LogP contribution in [-0.2, 0) is 10.4 Å². The zero-order chi connectivity index (χ0) is 12.9. The van der Waals surface area contributed by atoms with Gasteiger partial charge in [0, 0.05) is 18.0 Å².